The van der Waals surface area contributed by atoms with Gasteiger partial charge in [-0.1, -0.05) is 0 Å². The van der Waals surface area contributed by atoms with Gasteiger partial charge in [0.2, 0.25) is 5.91 Å². The first-order chi connectivity index (χ1) is 14.2. The van der Waals surface area contributed by atoms with E-state index in [9.17, 15) is 14.9 Å². The number of likely N-dealkylation sites (tertiary alicyclic amines) is 1. The molecule has 0 unspecified atom stereocenters. The molecule has 0 spiro atoms. The van der Waals surface area contributed by atoms with Crippen LogP contribution in [-0.2, 0) is 16.1 Å². The van der Waals surface area contributed by atoms with E-state index in [-0.39, 0.29) is 29.1 Å². The Morgan fingerprint density at radius 1 is 1.33 bits per heavy atom. The molecule has 1 aliphatic rings. The summed E-state index contributed by atoms with van der Waals surface area (Å²) in [6, 6.07) is 2.86. The van der Waals surface area contributed by atoms with Crippen LogP contribution in [0, 0.1) is 16.0 Å². The maximum Gasteiger partial charge on any atom is 0.287 e. The van der Waals surface area contributed by atoms with Gasteiger partial charge >= 0.3 is 0 Å². The molecular formula is C20H28N6O4. The Labute approximate surface area is 175 Å². The summed E-state index contributed by atoms with van der Waals surface area (Å²) in [6.07, 6.45) is 5.42. The van der Waals surface area contributed by atoms with Crippen LogP contribution in [0.1, 0.15) is 38.8 Å². The fourth-order valence-corrected chi connectivity index (χ4v) is 3.87. The van der Waals surface area contributed by atoms with Crippen LogP contribution in [0.4, 0.5) is 11.5 Å². The second kappa shape index (κ2) is 8.78. The smallest absolute Gasteiger partial charge is 0.287 e. The molecule has 0 aromatic carbocycles. The molecule has 1 amide bonds. The molecule has 0 saturated carbocycles. The lowest BCUT2D eigenvalue weighted by molar-refractivity contribution is -0.385. The molecule has 0 radical (unpaired) electrons. The number of nitrogens with one attached hydrogen (secondary N) is 1. The van der Waals surface area contributed by atoms with E-state index in [0.29, 0.717) is 31.9 Å². The van der Waals surface area contributed by atoms with Crippen LogP contribution in [0.5, 0.6) is 0 Å². The monoisotopic (exact) mass is 416 g/mol. The molecule has 1 saturated heterocycles. The normalized spacial score (nSPS) is 19.3. The van der Waals surface area contributed by atoms with Crippen LogP contribution in [0.25, 0.3) is 0 Å². The summed E-state index contributed by atoms with van der Waals surface area (Å²) in [6.45, 7) is 7.80. The van der Waals surface area contributed by atoms with Crippen molar-refractivity contribution < 1.29 is 14.5 Å². The Bertz CT molecular complexity index is 889. The summed E-state index contributed by atoms with van der Waals surface area (Å²) in [4.78, 5) is 29.2. The van der Waals surface area contributed by atoms with Crippen molar-refractivity contribution in [3.63, 3.8) is 0 Å². The summed E-state index contributed by atoms with van der Waals surface area (Å²) >= 11 is 0. The highest BCUT2D eigenvalue weighted by Gasteiger charge is 2.45. The van der Waals surface area contributed by atoms with Gasteiger partial charge in [-0.05, 0) is 26.8 Å². The third kappa shape index (κ3) is 4.76. The molecule has 162 valence electrons. The molecule has 3 rings (SSSR count). The lowest BCUT2D eigenvalue weighted by atomic mass is 9.93. The SMILES string of the molecule is COCCn1cc([C@H]2[C@H](CNc3ccc([N+](=O)[O-])cn3)CC(=O)N2C(C)(C)C)cn1. The average Bonchev–Trinajstić information content (AvgIpc) is 3.28. The Kier molecular flexibility index (Phi) is 6.35. The Morgan fingerprint density at radius 2 is 2.10 bits per heavy atom. The van der Waals surface area contributed by atoms with E-state index in [1.54, 1.807) is 13.2 Å². The van der Waals surface area contributed by atoms with Crippen LogP contribution < -0.4 is 5.32 Å². The molecule has 3 heterocycles. The van der Waals surface area contributed by atoms with Gasteiger partial charge in [-0.2, -0.15) is 5.10 Å². The van der Waals surface area contributed by atoms with E-state index in [2.05, 4.69) is 15.4 Å². The number of rotatable bonds is 8. The molecule has 1 fully saturated rings. The lowest BCUT2D eigenvalue weighted by Crippen LogP contribution is -2.44. The molecule has 1 aliphatic heterocycles. The highest BCUT2D eigenvalue weighted by molar-refractivity contribution is 5.80. The van der Waals surface area contributed by atoms with E-state index in [1.165, 1.54) is 12.3 Å². The van der Waals surface area contributed by atoms with E-state index in [4.69, 9.17) is 4.74 Å². The summed E-state index contributed by atoms with van der Waals surface area (Å²) in [5.74, 6) is 0.645. The van der Waals surface area contributed by atoms with Crippen molar-refractivity contribution in [1.29, 1.82) is 0 Å². The average molecular weight is 416 g/mol. The van der Waals surface area contributed by atoms with Gasteiger partial charge in [0.25, 0.3) is 5.69 Å². The molecule has 10 heteroatoms. The number of nitro groups is 1. The van der Waals surface area contributed by atoms with Crippen LogP contribution in [0.15, 0.2) is 30.7 Å². The lowest BCUT2D eigenvalue weighted by Gasteiger charge is -2.38. The number of carbonyl (C=O) groups excluding carboxylic acids is 1. The number of carbonyl (C=O) groups is 1. The zero-order chi connectivity index (χ0) is 21.9. The Morgan fingerprint density at radius 3 is 2.70 bits per heavy atom. The third-order valence-electron chi connectivity index (χ3n) is 5.18. The largest absolute Gasteiger partial charge is 0.383 e. The highest BCUT2D eigenvalue weighted by Crippen LogP contribution is 2.42. The number of anilines is 1. The first-order valence-electron chi connectivity index (χ1n) is 9.88. The van der Waals surface area contributed by atoms with Gasteiger partial charge in [-0.25, -0.2) is 4.98 Å². The second-order valence-corrected chi connectivity index (χ2v) is 8.41. The predicted molar refractivity (Wildman–Crippen MR) is 111 cm³/mol. The minimum absolute atomic E-state index is 0.00814. The van der Waals surface area contributed by atoms with Gasteiger partial charge in [-0.15, -0.1) is 0 Å². The number of aromatic nitrogens is 3. The molecule has 10 nitrogen and oxygen atoms in total. The van der Waals surface area contributed by atoms with Crippen molar-refractivity contribution in [2.75, 3.05) is 25.6 Å². The predicted octanol–water partition coefficient (Wildman–Crippen LogP) is 2.63. The Balaban J connectivity index is 1.79. The van der Waals surface area contributed by atoms with Crippen LogP contribution in [-0.4, -0.2) is 56.3 Å². The minimum Gasteiger partial charge on any atom is -0.383 e. The number of hydrogen-bond donors (Lipinski definition) is 1. The molecule has 0 bridgehead atoms. The zero-order valence-electron chi connectivity index (χ0n) is 17.7. The minimum atomic E-state index is -0.481. The van der Waals surface area contributed by atoms with Crippen LogP contribution >= 0.6 is 0 Å². The summed E-state index contributed by atoms with van der Waals surface area (Å²) < 4.78 is 6.94. The third-order valence-corrected chi connectivity index (χ3v) is 5.18. The number of ether oxygens (including phenoxy) is 1. The van der Waals surface area contributed by atoms with Crippen LogP contribution in [0.2, 0.25) is 0 Å². The van der Waals surface area contributed by atoms with E-state index < -0.39 is 4.92 Å². The van der Waals surface area contributed by atoms with E-state index in [1.807, 2.05) is 42.7 Å². The fourth-order valence-electron chi connectivity index (χ4n) is 3.87. The molecule has 2 atom stereocenters. The summed E-state index contributed by atoms with van der Waals surface area (Å²) in [7, 11) is 1.65. The number of methoxy groups -OCH3 is 1. The number of amides is 1. The van der Waals surface area contributed by atoms with Gasteiger partial charge in [0.1, 0.15) is 12.0 Å². The van der Waals surface area contributed by atoms with Crippen molar-refractivity contribution in [2.45, 2.75) is 45.3 Å². The summed E-state index contributed by atoms with van der Waals surface area (Å²) in [5.41, 5.74) is 0.587. The first-order valence-corrected chi connectivity index (χ1v) is 9.88. The number of pyridine rings is 1. The van der Waals surface area contributed by atoms with Crippen molar-refractivity contribution in [3.8, 4) is 0 Å². The molecule has 2 aromatic heterocycles. The van der Waals surface area contributed by atoms with E-state index in [0.717, 1.165) is 5.56 Å². The maximum atomic E-state index is 12.9. The molecule has 2 aromatic rings. The highest BCUT2D eigenvalue weighted by atomic mass is 16.6. The maximum absolute atomic E-state index is 12.9. The number of hydrogen-bond acceptors (Lipinski definition) is 7. The quantitative estimate of drug-likeness (QED) is 0.519. The van der Waals surface area contributed by atoms with Gasteiger partial charge < -0.3 is 15.0 Å². The van der Waals surface area contributed by atoms with Crippen molar-refractivity contribution in [3.05, 3.63) is 46.4 Å². The van der Waals surface area contributed by atoms with Gasteiger partial charge in [0.05, 0.1) is 30.3 Å². The topological polar surface area (TPSA) is 115 Å². The first kappa shape index (κ1) is 21.7. The van der Waals surface area contributed by atoms with E-state index >= 15 is 0 Å². The Hall–Kier alpha value is -3.01. The van der Waals surface area contributed by atoms with Gasteiger partial charge in [-0.3, -0.25) is 19.6 Å². The second-order valence-electron chi connectivity index (χ2n) is 8.41. The molecule has 30 heavy (non-hydrogen) atoms. The summed E-state index contributed by atoms with van der Waals surface area (Å²) in [5, 5.41) is 18.4. The van der Waals surface area contributed by atoms with Crippen molar-refractivity contribution in [1.82, 2.24) is 19.7 Å². The van der Waals surface area contributed by atoms with Gasteiger partial charge in [0.15, 0.2) is 0 Å². The molecular weight excluding hydrogens is 388 g/mol. The van der Waals surface area contributed by atoms with Crippen molar-refractivity contribution in [2.24, 2.45) is 5.92 Å². The fraction of sp³-hybridized carbons (Fsp3) is 0.550. The molecule has 0 aliphatic carbocycles. The number of nitrogens with zero attached hydrogens (tertiary/aromatic N) is 5. The standard InChI is InChI=1S/C20H28N6O4/c1-20(2,3)25-18(27)9-14(10-21-17-6-5-16(12-22-17)26(28)29)19(25)15-11-23-24(13-15)7-8-30-4/h5-6,11-14,19H,7-10H2,1-4H3,(H,21,22)/t14-,19+/m0/s1. The van der Waals surface area contributed by atoms with Crippen molar-refractivity contribution >= 4 is 17.4 Å². The molecule has 1 N–H and O–H groups in total. The van der Waals surface area contributed by atoms with Gasteiger partial charge in [0, 0.05) is 49.4 Å². The van der Waals surface area contributed by atoms with Crippen LogP contribution in [0.3, 0.4) is 0 Å². The zero-order valence-corrected chi connectivity index (χ0v) is 17.7.